The van der Waals surface area contributed by atoms with Crippen molar-refractivity contribution in [3.8, 4) is 0 Å². The Kier molecular flexibility index (Phi) is 4.34. The van der Waals surface area contributed by atoms with Crippen molar-refractivity contribution < 1.29 is 13.2 Å². The Labute approximate surface area is 85.7 Å². The molecule has 0 radical (unpaired) electrons. The van der Waals surface area contributed by atoms with E-state index in [0.717, 1.165) is 25.9 Å². The van der Waals surface area contributed by atoms with Gasteiger partial charge >= 0.3 is 0 Å². The fourth-order valence-corrected chi connectivity index (χ4v) is 2.38. The third-order valence-corrected chi connectivity index (χ3v) is 3.43. The summed E-state index contributed by atoms with van der Waals surface area (Å²) in [5, 5.41) is 0. The van der Waals surface area contributed by atoms with Gasteiger partial charge in [-0.2, -0.15) is 0 Å². The average molecular weight is 221 g/mol. The quantitative estimate of drug-likeness (QED) is 0.725. The lowest BCUT2D eigenvalue weighted by Gasteiger charge is -2.15. The molecule has 0 aromatic heterocycles. The van der Waals surface area contributed by atoms with Crippen LogP contribution in [0.2, 0.25) is 0 Å². The predicted octanol–water partition coefficient (Wildman–Crippen LogP) is 0.317. The monoisotopic (exact) mass is 221 g/mol. The Hall–Kier alpha value is -0.130. The zero-order valence-electron chi connectivity index (χ0n) is 8.61. The molecule has 2 unspecified atom stereocenters. The first-order valence-electron chi connectivity index (χ1n) is 5.02. The van der Waals surface area contributed by atoms with E-state index in [1.807, 2.05) is 0 Å². The van der Waals surface area contributed by atoms with Gasteiger partial charge in [0.25, 0.3) is 0 Å². The summed E-state index contributed by atoms with van der Waals surface area (Å²) >= 11 is 0. The molecule has 1 fully saturated rings. The van der Waals surface area contributed by atoms with Crippen LogP contribution in [0.25, 0.3) is 0 Å². The van der Waals surface area contributed by atoms with E-state index in [4.69, 9.17) is 10.5 Å². The van der Waals surface area contributed by atoms with Gasteiger partial charge in [0, 0.05) is 18.9 Å². The number of hydrogen-bond acceptors (Lipinski definition) is 4. The maximum Gasteiger partial charge on any atom is 0.147 e. The summed E-state index contributed by atoms with van der Waals surface area (Å²) in [7, 11) is -2.87. The molecule has 0 aromatic carbocycles. The van der Waals surface area contributed by atoms with E-state index in [9.17, 15) is 8.42 Å². The molecule has 1 rings (SSSR count). The summed E-state index contributed by atoms with van der Waals surface area (Å²) in [6.07, 6.45) is 4.99. The molecule has 0 amide bonds. The average Bonchev–Trinajstić information content (AvgIpc) is 2.52. The minimum atomic E-state index is -2.87. The van der Waals surface area contributed by atoms with Crippen molar-refractivity contribution in [3.63, 3.8) is 0 Å². The molecule has 5 heteroatoms. The summed E-state index contributed by atoms with van der Waals surface area (Å²) < 4.78 is 27.2. The summed E-state index contributed by atoms with van der Waals surface area (Å²) in [6.45, 7) is 0.823. The second kappa shape index (κ2) is 5.09. The highest BCUT2D eigenvalue weighted by atomic mass is 32.2. The van der Waals surface area contributed by atoms with E-state index < -0.39 is 9.84 Å². The molecule has 0 aliphatic carbocycles. The normalized spacial score (nSPS) is 25.1. The SMILES string of the molecule is CS(=O)(=O)CCC(N)CC1CCCO1. The lowest BCUT2D eigenvalue weighted by Crippen LogP contribution is -2.28. The Morgan fingerprint density at radius 2 is 2.29 bits per heavy atom. The van der Waals surface area contributed by atoms with Gasteiger partial charge in [-0.3, -0.25) is 0 Å². The molecule has 0 bridgehead atoms. The zero-order valence-corrected chi connectivity index (χ0v) is 9.42. The third-order valence-electron chi connectivity index (χ3n) is 2.45. The van der Waals surface area contributed by atoms with Gasteiger partial charge in [0.15, 0.2) is 0 Å². The van der Waals surface area contributed by atoms with Gasteiger partial charge in [-0.25, -0.2) is 8.42 Å². The molecule has 1 aliphatic rings. The van der Waals surface area contributed by atoms with Gasteiger partial charge in [-0.1, -0.05) is 0 Å². The zero-order chi connectivity index (χ0) is 10.6. The van der Waals surface area contributed by atoms with Crippen LogP contribution in [0.1, 0.15) is 25.7 Å². The van der Waals surface area contributed by atoms with Crippen LogP contribution in [0, 0.1) is 0 Å². The summed E-state index contributed by atoms with van der Waals surface area (Å²) in [5.74, 6) is 0.181. The van der Waals surface area contributed by atoms with Crippen molar-refractivity contribution in [2.45, 2.75) is 37.8 Å². The van der Waals surface area contributed by atoms with Gasteiger partial charge in [-0.05, 0) is 25.7 Å². The van der Waals surface area contributed by atoms with Crippen molar-refractivity contribution in [3.05, 3.63) is 0 Å². The van der Waals surface area contributed by atoms with E-state index in [2.05, 4.69) is 0 Å². The Morgan fingerprint density at radius 3 is 2.79 bits per heavy atom. The lowest BCUT2D eigenvalue weighted by molar-refractivity contribution is 0.0980. The first-order chi connectivity index (χ1) is 6.47. The van der Waals surface area contributed by atoms with Crippen LogP contribution in [0.5, 0.6) is 0 Å². The van der Waals surface area contributed by atoms with Crippen LogP contribution in [0.4, 0.5) is 0 Å². The molecule has 84 valence electrons. The molecule has 0 saturated carbocycles. The molecule has 14 heavy (non-hydrogen) atoms. The molecule has 1 heterocycles. The fraction of sp³-hybridized carbons (Fsp3) is 1.00. The molecular formula is C9H19NO3S. The standard InChI is InChI=1S/C9H19NO3S/c1-14(11,12)6-4-8(10)7-9-3-2-5-13-9/h8-9H,2-7,10H2,1H3. The molecule has 1 aliphatic heterocycles. The minimum absolute atomic E-state index is 0.0483. The summed E-state index contributed by atoms with van der Waals surface area (Å²) in [6, 6.07) is -0.0483. The lowest BCUT2D eigenvalue weighted by atomic mass is 10.1. The van der Waals surface area contributed by atoms with E-state index in [0.29, 0.717) is 6.42 Å². The van der Waals surface area contributed by atoms with Crippen molar-refractivity contribution in [1.29, 1.82) is 0 Å². The van der Waals surface area contributed by atoms with E-state index in [-0.39, 0.29) is 17.9 Å². The second-order valence-corrected chi connectivity index (χ2v) is 6.31. The number of rotatable bonds is 5. The van der Waals surface area contributed by atoms with Gasteiger partial charge in [0.1, 0.15) is 9.84 Å². The Balaban J connectivity index is 2.18. The first-order valence-corrected chi connectivity index (χ1v) is 7.08. The largest absolute Gasteiger partial charge is 0.378 e. The van der Waals surface area contributed by atoms with Crippen molar-refractivity contribution in [2.24, 2.45) is 5.73 Å². The van der Waals surface area contributed by atoms with Crippen molar-refractivity contribution in [1.82, 2.24) is 0 Å². The second-order valence-electron chi connectivity index (χ2n) is 4.05. The number of sulfone groups is 1. The van der Waals surface area contributed by atoms with Crippen LogP contribution in [-0.2, 0) is 14.6 Å². The molecule has 1 saturated heterocycles. The maximum atomic E-state index is 10.9. The van der Waals surface area contributed by atoms with Crippen LogP contribution in [0.3, 0.4) is 0 Å². The van der Waals surface area contributed by atoms with Crippen molar-refractivity contribution >= 4 is 9.84 Å². The van der Waals surface area contributed by atoms with Gasteiger partial charge in [0.05, 0.1) is 11.9 Å². The highest BCUT2D eigenvalue weighted by Crippen LogP contribution is 2.17. The van der Waals surface area contributed by atoms with Crippen LogP contribution < -0.4 is 5.73 Å². The predicted molar refractivity (Wildman–Crippen MR) is 55.9 cm³/mol. The van der Waals surface area contributed by atoms with E-state index in [1.165, 1.54) is 6.26 Å². The van der Waals surface area contributed by atoms with Crippen LogP contribution in [0.15, 0.2) is 0 Å². The molecule has 4 nitrogen and oxygen atoms in total. The first kappa shape index (κ1) is 11.9. The van der Waals surface area contributed by atoms with Gasteiger partial charge in [0.2, 0.25) is 0 Å². The smallest absolute Gasteiger partial charge is 0.147 e. The van der Waals surface area contributed by atoms with Crippen LogP contribution >= 0.6 is 0 Å². The highest BCUT2D eigenvalue weighted by Gasteiger charge is 2.19. The number of nitrogens with two attached hydrogens (primary N) is 1. The van der Waals surface area contributed by atoms with E-state index in [1.54, 1.807) is 0 Å². The fourth-order valence-electron chi connectivity index (χ4n) is 1.65. The molecule has 0 spiro atoms. The third kappa shape index (κ3) is 4.93. The van der Waals surface area contributed by atoms with Gasteiger partial charge < -0.3 is 10.5 Å². The number of ether oxygens (including phenoxy) is 1. The number of hydrogen-bond donors (Lipinski definition) is 1. The maximum absolute atomic E-state index is 10.9. The summed E-state index contributed by atoms with van der Waals surface area (Å²) in [5.41, 5.74) is 5.82. The molecular weight excluding hydrogens is 202 g/mol. The molecule has 2 atom stereocenters. The van der Waals surface area contributed by atoms with E-state index >= 15 is 0 Å². The highest BCUT2D eigenvalue weighted by molar-refractivity contribution is 7.90. The van der Waals surface area contributed by atoms with Crippen molar-refractivity contribution in [2.75, 3.05) is 18.6 Å². The van der Waals surface area contributed by atoms with Crippen LogP contribution in [-0.4, -0.2) is 39.2 Å². The molecule has 0 aromatic rings. The topological polar surface area (TPSA) is 69.4 Å². The Bertz CT molecular complexity index is 257. The Morgan fingerprint density at radius 1 is 1.57 bits per heavy atom. The molecule has 2 N–H and O–H groups in total. The minimum Gasteiger partial charge on any atom is -0.378 e. The van der Waals surface area contributed by atoms with Gasteiger partial charge in [-0.15, -0.1) is 0 Å². The summed E-state index contributed by atoms with van der Waals surface area (Å²) in [4.78, 5) is 0.